The van der Waals surface area contributed by atoms with Gasteiger partial charge >= 0.3 is 0 Å². The van der Waals surface area contributed by atoms with Gasteiger partial charge in [0.25, 0.3) is 0 Å². The third-order valence-corrected chi connectivity index (χ3v) is 2.11. The zero-order valence-corrected chi connectivity index (χ0v) is 8.79. The Bertz CT molecular complexity index is 304. The van der Waals surface area contributed by atoms with E-state index in [0.717, 1.165) is 5.56 Å². The lowest BCUT2D eigenvalue weighted by Gasteiger charge is -2.20. The number of hydrogen-bond donors (Lipinski definition) is 0. The minimum atomic E-state index is 0.0618. The molecule has 0 aliphatic heterocycles. The van der Waals surface area contributed by atoms with Crippen LogP contribution in [-0.4, -0.2) is 10.4 Å². The number of hydrogen-bond acceptors (Lipinski definition) is 1. The van der Waals surface area contributed by atoms with Crippen LogP contribution in [0, 0.1) is 0 Å². The van der Waals surface area contributed by atoms with Crippen molar-refractivity contribution in [3.8, 4) is 0 Å². The van der Waals surface area contributed by atoms with Gasteiger partial charge in [-0.15, -0.1) is 0 Å². The van der Waals surface area contributed by atoms with Gasteiger partial charge in [0.05, 0.1) is 0 Å². The van der Waals surface area contributed by atoms with Crippen LogP contribution in [0.5, 0.6) is 0 Å². The molecule has 13 heavy (non-hydrogen) atoms. The number of Topliss-reactive ketones (excluding diaryl/α,β-unsaturated/α-hetero) is 1. The Morgan fingerprint density at radius 1 is 1.46 bits per heavy atom. The summed E-state index contributed by atoms with van der Waals surface area (Å²) in [5, 5.41) is 0. The molecule has 0 saturated carbocycles. The molecule has 1 heterocycles. The van der Waals surface area contributed by atoms with Gasteiger partial charge in [-0.2, -0.15) is 0 Å². The standard InChI is InChI=1S/C11H17NO/c1-5-10(13)9-6-7-12(8-9)11(2,3)4/h6-8H,5H2,1-4H3. The first-order valence-corrected chi connectivity index (χ1v) is 4.67. The van der Waals surface area contributed by atoms with Crippen molar-refractivity contribution in [3.63, 3.8) is 0 Å². The van der Waals surface area contributed by atoms with Crippen LogP contribution in [0.15, 0.2) is 18.5 Å². The summed E-state index contributed by atoms with van der Waals surface area (Å²) < 4.78 is 2.07. The van der Waals surface area contributed by atoms with Crippen molar-refractivity contribution in [3.05, 3.63) is 24.0 Å². The summed E-state index contributed by atoms with van der Waals surface area (Å²) >= 11 is 0. The molecule has 72 valence electrons. The maximum Gasteiger partial charge on any atom is 0.164 e. The molecule has 0 fully saturated rings. The summed E-state index contributed by atoms with van der Waals surface area (Å²) in [5.74, 6) is 0.211. The lowest BCUT2D eigenvalue weighted by Crippen LogP contribution is -2.19. The zero-order chi connectivity index (χ0) is 10.1. The molecule has 0 amide bonds. The molecule has 2 nitrogen and oxygen atoms in total. The highest BCUT2D eigenvalue weighted by Gasteiger charge is 2.13. The first-order valence-electron chi connectivity index (χ1n) is 4.67. The smallest absolute Gasteiger partial charge is 0.164 e. The molecule has 0 aliphatic carbocycles. The Kier molecular flexibility index (Phi) is 2.60. The van der Waals surface area contributed by atoms with E-state index in [9.17, 15) is 4.79 Å². The predicted molar refractivity (Wildman–Crippen MR) is 54.0 cm³/mol. The van der Waals surface area contributed by atoms with E-state index in [-0.39, 0.29) is 11.3 Å². The van der Waals surface area contributed by atoms with E-state index in [0.29, 0.717) is 6.42 Å². The number of carbonyl (C=O) groups is 1. The number of ketones is 1. The maximum absolute atomic E-state index is 11.3. The fourth-order valence-corrected chi connectivity index (χ4v) is 1.18. The largest absolute Gasteiger partial charge is 0.348 e. The normalized spacial score (nSPS) is 11.7. The zero-order valence-electron chi connectivity index (χ0n) is 8.79. The quantitative estimate of drug-likeness (QED) is 0.640. The van der Waals surface area contributed by atoms with Crippen LogP contribution in [-0.2, 0) is 5.54 Å². The van der Waals surface area contributed by atoms with Gasteiger partial charge in [0.1, 0.15) is 0 Å². The van der Waals surface area contributed by atoms with Crippen LogP contribution in [0.4, 0.5) is 0 Å². The number of rotatable bonds is 2. The van der Waals surface area contributed by atoms with Gasteiger partial charge in [0.15, 0.2) is 5.78 Å². The van der Waals surface area contributed by atoms with Gasteiger partial charge < -0.3 is 4.57 Å². The molecule has 0 saturated heterocycles. The fraction of sp³-hybridized carbons (Fsp3) is 0.545. The van der Waals surface area contributed by atoms with E-state index in [2.05, 4.69) is 25.3 Å². The maximum atomic E-state index is 11.3. The summed E-state index contributed by atoms with van der Waals surface area (Å²) in [5.41, 5.74) is 0.879. The second kappa shape index (κ2) is 3.36. The number of carbonyl (C=O) groups excluding carboxylic acids is 1. The highest BCUT2D eigenvalue weighted by atomic mass is 16.1. The Morgan fingerprint density at radius 3 is 2.46 bits per heavy atom. The van der Waals surface area contributed by atoms with Gasteiger partial charge in [-0.25, -0.2) is 0 Å². The molecule has 0 N–H and O–H groups in total. The average Bonchev–Trinajstić information content (AvgIpc) is 2.50. The van der Waals surface area contributed by atoms with Crippen molar-refractivity contribution >= 4 is 5.78 Å². The SMILES string of the molecule is CCC(=O)c1ccn(C(C)(C)C)c1. The molecule has 0 spiro atoms. The van der Waals surface area contributed by atoms with E-state index in [4.69, 9.17) is 0 Å². The summed E-state index contributed by atoms with van der Waals surface area (Å²) in [4.78, 5) is 11.3. The summed E-state index contributed by atoms with van der Waals surface area (Å²) in [6.45, 7) is 8.24. The number of aromatic nitrogens is 1. The molecule has 0 atom stereocenters. The fourth-order valence-electron chi connectivity index (χ4n) is 1.18. The molecule has 0 aliphatic rings. The second-order valence-corrected chi connectivity index (χ2v) is 4.25. The third-order valence-electron chi connectivity index (χ3n) is 2.11. The predicted octanol–water partition coefficient (Wildman–Crippen LogP) is 2.84. The second-order valence-electron chi connectivity index (χ2n) is 4.25. The van der Waals surface area contributed by atoms with E-state index in [1.54, 1.807) is 0 Å². The molecular formula is C11H17NO. The molecule has 1 aromatic heterocycles. The van der Waals surface area contributed by atoms with Gasteiger partial charge in [0.2, 0.25) is 0 Å². The van der Waals surface area contributed by atoms with Crippen LogP contribution in [0.3, 0.4) is 0 Å². The van der Waals surface area contributed by atoms with E-state index < -0.39 is 0 Å². The van der Waals surface area contributed by atoms with Crippen molar-refractivity contribution in [2.45, 2.75) is 39.7 Å². The van der Waals surface area contributed by atoms with Crippen LogP contribution < -0.4 is 0 Å². The molecule has 0 radical (unpaired) electrons. The molecular weight excluding hydrogens is 162 g/mol. The molecule has 0 unspecified atom stereocenters. The van der Waals surface area contributed by atoms with Crippen LogP contribution >= 0.6 is 0 Å². The average molecular weight is 179 g/mol. The third kappa shape index (κ3) is 2.20. The molecule has 1 aromatic rings. The van der Waals surface area contributed by atoms with Crippen molar-refractivity contribution in [2.24, 2.45) is 0 Å². The highest BCUT2D eigenvalue weighted by Crippen LogP contribution is 2.16. The highest BCUT2D eigenvalue weighted by molar-refractivity contribution is 5.95. The monoisotopic (exact) mass is 179 g/mol. The Morgan fingerprint density at radius 2 is 2.08 bits per heavy atom. The number of nitrogens with zero attached hydrogens (tertiary/aromatic N) is 1. The van der Waals surface area contributed by atoms with Crippen molar-refractivity contribution < 1.29 is 4.79 Å². The van der Waals surface area contributed by atoms with Crippen molar-refractivity contribution in [2.75, 3.05) is 0 Å². The summed E-state index contributed by atoms with van der Waals surface area (Å²) in [6, 6.07) is 1.89. The van der Waals surface area contributed by atoms with Crippen molar-refractivity contribution in [1.82, 2.24) is 4.57 Å². The van der Waals surface area contributed by atoms with Crippen molar-refractivity contribution in [1.29, 1.82) is 0 Å². The lowest BCUT2D eigenvalue weighted by molar-refractivity contribution is 0.0988. The van der Waals surface area contributed by atoms with Crippen LogP contribution in [0.1, 0.15) is 44.5 Å². The summed E-state index contributed by atoms with van der Waals surface area (Å²) in [7, 11) is 0. The molecule has 0 aromatic carbocycles. The minimum Gasteiger partial charge on any atom is -0.348 e. The van der Waals surface area contributed by atoms with Gasteiger partial charge in [-0.05, 0) is 26.8 Å². The van der Waals surface area contributed by atoms with Gasteiger partial charge in [-0.1, -0.05) is 6.92 Å². The van der Waals surface area contributed by atoms with Gasteiger partial charge in [0, 0.05) is 29.9 Å². The molecule has 1 rings (SSSR count). The Hall–Kier alpha value is -1.05. The van der Waals surface area contributed by atoms with E-state index in [1.165, 1.54) is 0 Å². The lowest BCUT2D eigenvalue weighted by atomic mass is 10.1. The molecule has 2 heteroatoms. The Labute approximate surface area is 79.6 Å². The van der Waals surface area contributed by atoms with Gasteiger partial charge in [-0.3, -0.25) is 4.79 Å². The summed E-state index contributed by atoms with van der Waals surface area (Å²) in [6.07, 6.45) is 4.46. The minimum absolute atomic E-state index is 0.0618. The van der Waals surface area contributed by atoms with E-state index >= 15 is 0 Å². The first-order chi connectivity index (χ1) is 5.95. The Balaban J connectivity index is 2.93. The molecule has 0 bridgehead atoms. The van der Waals surface area contributed by atoms with E-state index in [1.807, 2.05) is 25.4 Å². The first kappa shape index (κ1) is 10.0. The van der Waals surface area contributed by atoms with Crippen LogP contribution in [0.2, 0.25) is 0 Å². The topological polar surface area (TPSA) is 22.0 Å². The van der Waals surface area contributed by atoms with Crippen LogP contribution in [0.25, 0.3) is 0 Å².